The van der Waals surface area contributed by atoms with E-state index in [1.165, 1.54) is 58.0 Å². The Morgan fingerprint density at radius 1 is 1.10 bits per heavy atom. The normalized spacial score (nSPS) is 31.9. The topological polar surface area (TPSA) is 15.3 Å². The molecule has 0 spiro atoms. The highest BCUT2D eigenvalue weighted by Gasteiger charge is 2.38. The molecule has 2 aliphatic rings. The van der Waals surface area contributed by atoms with Crippen molar-refractivity contribution in [1.29, 1.82) is 0 Å². The number of hydrogen-bond donors (Lipinski definition) is 1. The standard InChI is InChI=1S/C19H38N2/c1-6-15(2)17-13-20-18(19(3,4)5)14-21(17)16-11-9-7-8-10-12-16/h15-18,20H,6-14H2,1-5H3. The zero-order valence-electron chi connectivity index (χ0n) is 15.1. The highest BCUT2D eigenvalue weighted by molar-refractivity contribution is 4.96. The Balaban J connectivity index is 2.11. The Bertz CT molecular complexity index is 299. The average molecular weight is 295 g/mol. The molecular formula is C19H38N2. The van der Waals surface area contributed by atoms with Crippen LogP contribution in [0.2, 0.25) is 0 Å². The zero-order chi connectivity index (χ0) is 15.5. The van der Waals surface area contributed by atoms with E-state index < -0.39 is 0 Å². The highest BCUT2D eigenvalue weighted by atomic mass is 15.3. The van der Waals surface area contributed by atoms with Crippen LogP contribution in [0.25, 0.3) is 0 Å². The first kappa shape index (κ1) is 17.3. The van der Waals surface area contributed by atoms with E-state index in [1.54, 1.807) is 0 Å². The zero-order valence-corrected chi connectivity index (χ0v) is 15.1. The van der Waals surface area contributed by atoms with E-state index in [0.717, 1.165) is 18.0 Å². The van der Waals surface area contributed by atoms with Gasteiger partial charge in [-0.15, -0.1) is 0 Å². The molecule has 1 aliphatic carbocycles. The Kier molecular flexibility index (Phi) is 6.14. The Morgan fingerprint density at radius 2 is 1.71 bits per heavy atom. The average Bonchev–Trinajstić information content (AvgIpc) is 2.74. The molecule has 0 bridgehead atoms. The maximum absolute atomic E-state index is 3.87. The fraction of sp³-hybridized carbons (Fsp3) is 1.00. The molecule has 2 nitrogen and oxygen atoms in total. The molecule has 124 valence electrons. The summed E-state index contributed by atoms with van der Waals surface area (Å²) in [6.45, 7) is 14.4. The van der Waals surface area contributed by atoms with Crippen molar-refractivity contribution >= 4 is 0 Å². The molecule has 0 aromatic rings. The van der Waals surface area contributed by atoms with E-state index in [0.29, 0.717) is 11.5 Å². The van der Waals surface area contributed by atoms with Crippen LogP contribution in [0.1, 0.15) is 79.6 Å². The summed E-state index contributed by atoms with van der Waals surface area (Å²) in [6, 6.07) is 2.23. The third kappa shape index (κ3) is 4.45. The number of piperazine rings is 1. The highest BCUT2D eigenvalue weighted by Crippen LogP contribution is 2.31. The summed E-state index contributed by atoms with van der Waals surface area (Å²) in [5.41, 5.74) is 0.364. The molecule has 3 atom stereocenters. The lowest BCUT2D eigenvalue weighted by molar-refractivity contribution is 0.0196. The van der Waals surface area contributed by atoms with E-state index in [2.05, 4.69) is 44.8 Å². The second-order valence-corrected chi connectivity index (χ2v) is 8.62. The molecule has 1 N–H and O–H groups in total. The van der Waals surface area contributed by atoms with Crippen LogP contribution in [-0.2, 0) is 0 Å². The minimum atomic E-state index is 0.364. The molecule has 1 heterocycles. The molecule has 0 aromatic carbocycles. The van der Waals surface area contributed by atoms with Crippen LogP contribution in [0, 0.1) is 11.3 Å². The van der Waals surface area contributed by atoms with Gasteiger partial charge in [0.1, 0.15) is 0 Å². The van der Waals surface area contributed by atoms with E-state index in [4.69, 9.17) is 0 Å². The molecule has 2 heteroatoms. The smallest absolute Gasteiger partial charge is 0.0249 e. The summed E-state index contributed by atoms with van der Waals surface area (Å²) in [5.74, 6) is 0.807. The predicted molar refractivity (Wildman–Crippen MR) is 92.7 cm³/mol. The van der Waals surface area contributed by atoms with Crippen LogP contribution < -0.4 is 5.32 Å². The minimum Gasteiger partial charge on any atom is -0.311 e. The summed E-state index contributed by atoms with van der Waals surface area (Å²) < 4.78 is 0. The van der Waals surface area contributed by atoms with E-state index >= 15 is 0 Å². The van der Waals surface area contributed by atoms with Crippen LogP contribution in [-0.4, -0.2) is 36.1 Å². The Hall–Kier alpha value is -0.0800. The van der Waals surface area contributed by atoms with Gasteiger partial charge >= 0.3 is 0 Å². The van der Waals surface area contributed by atoms with Crippen molar-refractivity contribution in [3.63, 3.8) is 0 Å². The number of rotatable bonds is 3. The summed E-state index contributed by atoms with van der Waals surface area (Å²) in [7, 11) is 0. The lowest BCUT2D eigenvalue weighted by atomic mass is 9.82. The van der Waals surface area contributed by atoms with Gasteiger partial charge in [0.15, 0.2) is 0 Å². The minimum absolute atomic E-state index is 0.364. The fourth-order valence-electron chi connectivity index (χ4n) is 4.18. The van der Waals surface area contributed by atoms with E-state index in [-0.39, 0.29) is 0 Å². The molecule has 2 rings (SSSR count). The largest absolute Gasteiger partial charge is 0.311 e. The van der Waals surface area contributed by atoms with E-state index in [1.807, 2.05) is 0 Å². The first-order valence-electron chi connectivity index (χ1n) is 9.42. The van der Waals surface area contributed by atoms with Crippen molar-refractivity contribution in [3.05, 3.63) is 0 Å². The predicted octanol–water partition coefficient (Wildman–Crippen LogP) is 4.44. The number of hydrogen-bond acceptors (Lipinski definition) is 2. The van der Waals surface area contributed by atoms with Crippen molar-refractivity contribution < 1.29 is 0 Å². The van der Waals surface area contributed by atoms with Crippen molar-refractivity contribution in [2.24, 2.45) is 11.3 Å². The molecular weight excluding hydrogens is 256 g/mol. The second kappa shape index (κ2) is 7.46. The van der Waals surface area contributed by atoms with Crippen LogP contribution in [0.5, 0.6) is 0 Å². The third-order valence-electron chi connectivity index (χ3n) is 6.03. The van der Waals surface area contributed by atoms with Gasteiger partial charge in [-0.05, 0) is 24.2 Å². The monoisotopic (exact) mass is 294 g/mol. The van der Waals surface area contributed by atoms with Gasteiger partial charge in [0.2, 0.25) is 0 Å². The van der Waals surface area contributed by atoms with Gasteiger partial charge in [-0.2, -0.15) is 0 Å². The molecule has 1 saturated heterocycles. The Morgan fingerprint density at radius 3 is 2.24 bits per heavy atom. The number of nitrogens with zero attached hydrogens (tertiary/aromatic N) is 1. The maximum atomic E-state index is 3.87. The van der Waals surface area contributed by atoms with Crippen molar-refractivity contribution in [1.82, 2.24) is 10.2 Å². The molecule has 1 saturated carbocycles. The van der Waals surface area contributed by atoms with Gasteiger partial charge in [-0.25, -0.2) is 0 Å². The van der Waals surface area contributed by atoms with Crippen molar-refractivity contribution in [2.75, 3.05) is 13.1 Å². The van der Waals surface area contributed by atoms with Gasteiger partial charge in [0, 0.05) is 31.2 Å². The molecule has 3 unspecified atom stereocenters. The first-order chi connectivity index (χ1) is 9.93. The molecule has 21 heavy (non-hydrogen) atoms. The van der Waals surface area contributed by atoms with Gasteiger partial charge in [0.25, 0.3) is 0 Å². The Labute approximate surface area is 133 Å². The first-order valence-corrected chi connectivity index (χ1v) is 9.42. The lowest BCUT2D eigenvalue weighted by Crippen LogP contribution is -2.64. The van der Waals surface area contributed by atoms with E-state index in [9.17, 15) is 0 Å². The third-order valence-corrected chi connectivity index (χ3v) is 6.03. The van der Waals surface area contributed by atoms with Gasteiger partial charge in [0.05, 0.1) is 0 Å². The van der Waals surface area contributed by atoms with Crippen LogP contribution in [0.3, 0.4) is 0 Å². The van der Waals surface area contributed by atoms with Crippen molar-refractivity contribution in [2.45, 2.75) is 97.7 Å². The summed E-state index contributed by atoms with van der Waals surface area (Å²) in [5, 5.41) is 3.87. The molecule has 0 radical (unpaired) electrons. The number of nitrogens with one attached hydrogen (secondary N) is 1. The fourth-order valence-corrected chi connectivity index (χ4v) is 4.18. The van der Waals surface area contributed by atoms with Crippen molar-refractivity contribution in [3.8, 4) is 0 Å². The second-order valence-electron chi connectivity index (χ2n) is 8.62. The quantitative estimate of drug-likeness (QED) is 0.774. The van der Waals surface area contributed by atoms with Crippen LogP contribution in [0.4, 0.5) is 0 Å². The molecule has 0 aromatic heterocycles. The molecule has 2 fully saturated rings. The maximum Gasteiger partial charge on any atom is 0.0249 e. The SMILES string of the molecule is CCC(C)C1CNC(C(C)(C)C)CN1C1CCCCCC1. The van der Waals surface area contributed by atoms with Gasteiger partial charge in [-0.3, -0.25) is 4.90 Å². The molecule has 1 aliphatic heterocycles. The summed E-state index contributed by atoms with van der Waals surface area (Å²) >= 11 is 0. The van der Waals surface area contributed by atoms with Crippen LogP contribution >= 0.6 is 0 Å². The van der Waals surface area contributed by atoms with Gasteiger partial charge < -0.3 is 5.32 Å². The van der Waals surface area contributed by atoms with Gasteiger partial charge in [-0.1, -0.05) is 66.7 Å². The van der Waals surface area contributed by atoms with Crippen LogP contribution in [0.15, 0.2) is 0 Å². The summed E-state index contributed by atoms with van der Waals surface area (Å²) in [4.78, 5) is 2.92. The summed E-state index contributed by atoms with van der Waals surface area (Å²) in [6.07, 6.45) is 9.98. The molecule has 0 amide bonds. The lowest BCUT2D eigenvalue weighted by Gasteiger charge is -2.50.